The van der Waals surface area contributed by atoms with Gasteiger partial charge in [0.15, 0.2) is 12.4 Å². The SMILES string of the molecule is O=C(CCCCCCCCc1cccc2ccccc12)N[C@H]1[C@H](OCc2ccccc2)O[C@H](CO)[C@@H](O)[C@@H]1OC(=O)CCCCCCCCc1cccc2ccccc12. The number of aryl methyl sites for hydroxylation is 2. The molecule has 59 heavy (non-hydrogen) atoms. The molecule has 5 aromatic rings. The fraction of sp³-hybridized carbons (Fsp3) is 0.451. The fourth-order valence-corrected chi connectivity index (χ4v) is 8.35. The van der Waals surface area contributed by atoms with Crippen molar-refractivity contribution >= 4 is 33.4 Å². The fourth-order valence-electron chi connectivity index (χ4n) is 8.35. The van der Waals surface area contributed by atoms with Gasteiger partial charge >= 0.3 is 5.97 Å². The molecule has 0 bridgehead atoms. The monoisotopic (exact) mass is 801 g/mol. The van der Waals surface area contributed by atoms with Gasteiger partial charge < -0.3 is 29.7 Å². The van der Waals surface area contributed by atoms with Crippen LogP contribution in [0, 0.1) is 0 Å². The van der Waals surface area contributed by atoms with Crippen LogP contribution < -0.4 is 5.32 Å². The Hall–Kier alpha value is -4.60. The van der Waals surface area contributed by atoms with Gasteiger partial charge in [0, 0.05) is 12.8 Å². The van der Waals surface area contributed by atoms with E-state index in [2.05, 4.69) is 90.2 Å². The first-order chi connectivity index (χ1) is 29.0. The maximum absolute atomic E-state index is 13.4. The zero-order valence-corrected chi connectivity index (χ0v) is 34.5. The highest BCUT2D eigenvalue weighted by Crippen LogP contribution is 2.27. The van der Waals surface area contributed by atoms with E-state index in [1.54, 1.807) is 0 Å². The first kappa shape index (κ1) is 44.0. The van der Waals surface area contributed by atoms with E-state index in [-0.39, 0.29) is 18.9 Å². The summed E-state index contributed by atoms with van der Waals surface area (Å²) >= 11 is 0. The molecule has 1 aliphatic rings. The lowest BCUT2D eigenvalue weighted by Gasteiger charge is -2.43. The van der Waals surface area contributed by atoms with E-state index in [4.69, 9.17) is 14.2 Å². The molecule has 6 rings (SSSR count). The third-order valence-corrected chi connectivity index (χ3v) is 11.6. The van der Waals surface area contributed by atoms with E-state index < -0.39 is 43.2 Å². The van der Waals surface area contributed by atoms with Crippen molar-refractivity contribution in [1.82, 2.24) is 5.32 Å². The molecule has 0 unspecified atom stereocenters. The third kappa shape index (κ3) is 13.5. The summed E-state index contributed by atoms with van der Waals surface area (Å²) in [6.07, 6.45) is 10.0. The molecule has 0 radical (unpaired) electrons. The molecule has 1 heterocycles. The smallest absolute Gasteiger partial charge is 0.306 e. The molecular weight excluding hydrogens is 739 g/mol. The van der Waals surface area contributed by atoms with E-state index in [1.807, 2.05) is 30.3 Å². The zero-order valence-electron chi connectivity index (χ0n) is 34.5. The number of nitrogens with one attached hydrogen (secondary N) is 1. The van der Waals surface area contributed by atoms with Crippen LogP contribution >= 0.6 is 0 Å². The number of benzene rings is 5. The maximum Gasteiger partial charge on any atom is 0.306 e. The zero-order chi connectivity index (χ0) is 41.1. The molecule has 1 amide bonds. The number of ether oxygens (including phenoxy) is 3. The summed E-state index contributed by atoms with van der Waals surface area (Å²) in [6.45, 7) is -0.321. The molecule has 1 saturated heterocycles. The Morgan fingerprint density at radius 3 is 1.69 bits per heavy atom. The van der Waals surface area contributed by atoms with Gasteiger partial charge in [0.25, 0.3) is 0 Å². The minimum Gasteiger partial charge on any atom is -0.457 e. The Morgan fingerprint density at radius 2 is 1.10 bits per heavy atom. The summed E-state index contributed by atoms with van der Waals surface area (Å²) in [5.74, 6) is -0.677. The van der Waals surface area contributed by atoms with E-state index in [0.717, 1.165) is 82.6 Å². The van der Waals surface area contributed by atoms with Gasteiger partial charge in [-0.3, -0.25) is 9.59 Å². The lowest BCUT2D eigenvalue weighted by atomic mass is 9.96. The molecule has 0 aromatic heterocycles. The highest BCUT2D eigenvalue weighted by molar-refractivity contribution is 5.86. The van der Waals surface area contributed by atoms with E-state index in [0.29, 0.717) is 19.3 Å². The van der Waals surface area contributed by atoms with Crippen molar-refractivity contribution in [3.63, 3.8) is 0 Å². The summed E-state index contributed by atoms with van der Waals surface area (Å²) in [7, 11) is 0. The third-order valence-electron chi connectivity index (χ3n) is 11.6. The van der Waals surface area contributed by atoms with Crippen LogP contribution in [0.2, 0.25) is 0 Å². The summed E-state index contributed by atoms with van der Waals surface area (Å²) in [5.41, 5.74) is 3.68. The number of aliphatic hydroxyl groups is 2. The van der Waals surface area contributed by atoms with Gasteiger partial charge in [-0.25, -0.2) is 0 Å². The topological polar surface area (TPSA) is 114 Å². The van der Waals surface area contributed by atoms with Crippen molar-refractivity contribution in [1.29, 1.82) is 0 Å². The standard InChI is InChI=1S/C51H63NO7/c53-36-45-49(56)50(59-47(55)35-15-8-4-2-6-13-25-40-29-21-31-42-27-17-19-33-44(40)42)48(51(58-45)57-37-38-22-10-9-11-23-38)52-46(54)34-14-7-3-1-5-12-24-39-28-20-30-41-26-16-18-32-43(39)41/h9-11,16-23,26-33,45,48-51,53,56H,1-8,12-15,24-25,34-37H2,(H,52,54)/t45-,48-,49-,50-,51-/m1/s1. The lowest BCUT2D eigenvalue weighted by Crippen LogP contribution is -2.65. The van der Waals surface area contributed by atoms with E-state index in [9.17, 15) is 19.8 Å². The Balaban J connectivity index is 0.936. The molecule has 5 atom stereocenters. The van der Waals surface area contributed by atoms with Crippen molar-refractivity contribution in [3.05, 3.63) is 132 Å². The quantitative estimate of drug-likeness (QED) is 0.0421. The van der Waals surface area contributed by atoms with Crippen LogP contribution in [0.4, 0.5) is 0 Å². The molecule has 1 aliphatic heterocycles. The molecule has 0 spiro atoms. The first-order valence-electron chi connectivity index (χ1n) is 22.0. The van der Waals surface area contributed by atoms with Crippen LogP contribution in [0.25, 0.3) is 21.5 Å². The molecule has 1 fully saturated rings. The van der Waals surface area contributed by atoms with Crippen molar-refractivity contribution in [2.45, 2.75) is 140 Å². The number of fused-ring (bicyclic) bond motifs is 2. The number of rotatable bonds is 24. The molecule has 8 nitrogen and oxygen atoms in total. The average molecular weight is 802 g/mol. The average Bonchev–Trinajstić information content (AvgIpc) is 3.26. The van der Waals surface area contributed by atoms with Crippen LogP contribution in [0.3, 0.4) is 0 Å². The van der Waals surface area contributed by atoms with Gasteiger partial charge in [-0.1, -0.05) is 167 Å². The number of unbranched alkanes of at least 4 members (excludes halogenated alkanes) is 10. The predicted molar refractivity (Wildman–Crippen MR) is 235 cm³/mol. The summed E-state index contributed by atoms with van der Waals surface area (Å²) in [5, 5.41) is 29.6. The number of carbonyl (C=O) groups is 2. The van der Waals surface area contributed by atoms with E-state index >= 15 is 0 Å². The summed E-state index contributed by atoms with van der Waals surface area (Å²) < 4.78 is 18.1. The number of hydrogen-bond donors (Lipinski definition) is 3. The normalized spacial score (nSPS) is 19.2. The number of carbonyl (C=O) groups excluding carboxylic acids is 2. The molecule has 8 heteroatoms. The lowest BCUT2D eigenvalue weighted by molar-refractivity contribution is -0.276. The van der Waals surface area contributed by atoms with Crippen molar-refractivity contribution in [2.75, 3.05) is 6.61 Å². The Kier molecular flexibility index (Phi) is 17.8. The Morgan fingerprint density at radius 1 is 0.593 bits per heavy atom. The van der Waals surface area contributed by atoms with Gasteiger partial charge in [0.2, 0.25) is 5.91 Å². The van der Waals surface area contributed by atoms with Gasteiger partial charge in [-0.15, -0.1) is 0 Å². The van der Waals surface area contributed by atoms with Crippen molar-refractivity contribution < 1.29 is 34.0 Å². The second-order valence-corrected chi connectivity index (χ2v) is 16.1. The minimum atomic E-state index is -1.35. The predicted octanol–water partition coefficient (Wildman–Crippen LogP) is 9.93. The minimum absolute atomic E-state index is 0.176. The summed E-state index contributed by atoms with van der Waals surface area (Å²) in [6, 6.07) is 38.7. The highest BCUT2D eigenvalue weighted by Gasteiger charge is 2.48. The van der Waals surface area contributed by atoms with Crippen LogP contribution in [0.5, 0.6) is 0 Å². The number of hydrogen-bond acceptors (Lipinski definition) is 7. The van der Waals surface area contributed by atoms with Crippen LogP contribution in [0.15, 0.2) is 115 Å². The largest absolute Gasteiger partial charge is 0.457 e. The molecule has 3 N–H and O–H groups in total. The van der Waals surface area contributed by atoms with Crippen LogP contribution in [0.1, 0.15) is 107 Å². The van der Waals surface area contributed by atoms with Gasteiger partial charge in [-0.05, 0) is 76.8 Å². The maximum atomic E-state index is 13.4. The van der Waals surface area contributed by atoms with Crippen molar-refractivity contribution in [3.8, 4) is 0 Å². The second kappa shape index (κ2) is 23.9. The molecule has 0 saturated carbocycles. The van der Waals surface area contributed by atoms with Gasteiger partial charge in [-0.2, -0.15) is 0 Å². The highest BCUT2D eigenvalue weighted by atomic mass is 16.7. The molecule has 5 aromatic carbocycles. The van der Waals surface area contributed by atoms with Crippen LogP contribution in [-0.4, -0.2) is 59.3 Å². The molecular formula is C51H63NO7. The second-order valence-electron chi connectivity index (χ2n) is 16.1. The number of aliphatic hydroxyl groups excluding tert-OH is 2. The first-order valence-corrected chi connectivity index (χ1v) is 22.0. The number of amides is 1. The van der Waals surface area contributed by atoms with Crippen molar-refractivity contribution in [2.24, 2.45) is 0 Å². The number of esters is 1. The Labute approximate surface area is 350 Å². The van der Waals surface area contributed by atoms with Crippen LogP contribution in [-0.2, 0) is 43.2 Å². The summed E-state index contributed by atoms with van der Waals surface area (Å²) in [4.78, 5) is 26.6. The van der Waals surface area contributed by atoms with E-state index in [1.165, 1.54) is 32.7 Å². The Bertz CT molecular complexity index is 2010. The molecule has 0 aliphatic carbocycles. The van der Waals surface area contributed by atoms with Gasteiger partial charge in [0.05, 0.1) is 13.2 Å². The molecule has 314 valence electrons. The van der Waals surface area contributed by atoms with Gasteiger partial charge in [0.1, 0.15) is 18.2 Å².